The lowest BCUT2D eigenvalue weighted by molar-refractivity contribution is 0.243. The van der Waals surface area contributed by atoms with E-state index in [9.17, 15) is 12.8 Å². The van der Waals surface area contributed by atoms with Crippen LogP contribution in [-0.2, 0) is 16.6 Å². The van der Waals surface area contributed by atoms with Crippen LogP contribution >= 0.6 is 11.3 Å². The summed E-state index contributed by atoms with van der Waals surface area (Å²) in [4.78, 5) is 4.21. The van der Waals surface area contributed by atoms with Gasteiger partial charge < -0.3 is 4.74 Å². The predicted octanol–water partition coefficient (Wildman–Crippen LogP) is 4.70. The molecule has 0 aliphatic carbocycles. The normalized spacial score (nSPS) is 11.6. The molecule has 0 atom stereocenters. The van der Waals surface area contributed by atoms with Gasteiger partial charge in [0.05, 0.1) is 24.6 Å². The van der Waals surface area contributed by atoms with Gasteiger partial charge in [-0.3, -0.25) is 4.31 Å². The maximum atomic E-state index is 13.3. The third kappa shape index (κ3) is 4.88. The van der Waals surface area contributed by atoms with Crippen molar-refractivity contribution in [1.82, 2.24) is 4.98 Å². The molecule has 0 N–H and O–H groups in total. The van der Waals surface area contributed by atoms with E-state index in [1.165, 1.54) is 27.8 Å². The van der Waals surface area contributed by atoms with Gasteiger partial charge in [-0.05, 0) is 49.2 Å². The molecule has 0 saturated carbocycles. The van der Waals surface area contributed by atoms with Gasteiger partial charge >= 0.3 is 0 Å². The third-order valence-electron chi connectivity index (χ3n) is 3.93. The Kier molecular flexibility index (Phi) is 6.00. The summed E-state index contributed by atoms with van der Waals surface area (Å²) in [6.07, 6.45) is 2.67. The molecular formula is C20H21FN2O3S2. The minimum Gasteiger partial charge on any atom is -0.489 e. The fraction of sp³-hybridized carbons (Fsp3) is 0.250. The van der Waals surface area contributed by atoms with Crippen molar-refractivity contribution in [3.05, 3.63) is 64.9 Å². The minimum atomic E-state index is -3.60. The average Bonchev–Trinajstić information content (AvgIpc) is 3.13. The van der Waals surface area contributed by atoms with Crippen molar-refractivity contribution in [2.45, 2.75) is 26.5 Å². The Bertz CT molecular complexity index is 1030. The number of sulfonamides is 1. The molecule has 3 rings (SSSR count). The first-order valence-corrected chi connectivity index (χ1v) is 11.4. The molecule has 3 aromatic rings. The Morgan fingerprint density at radius 3 is 2.39 bits per heavy atom. The second-order valence-electron chi connectivity index (χ2n) is 6.55. The number of halogens is 1. The second-order valence-corrected chi connectivity index (χ2v) is 9.44. The largest absolute Gasteiger partial charge is 0.489 e. The van der Waals surface area contributed by atoms with Gasteiger partial charge in [0, 0.05) is 11.6 Å². The quantitative estimate of drug-likeness (QED) is 0.556. The Labute approximate surface area is 168 Å². The molecule has 0 aliphatic heterocycles. The number of benzene rings is 2. The summed E-state index contributed by atoms with van der Waals surface area (Å²) in [6, 6.07) is 11.4. The van der Waals surface area contributed by atoms with Gasteiger partial charge in [-0.1, -0.05) is 18.2 Å². The molecule has 2 aromatic carbocycles. The van der Waals surface area contributed by atoms with Crippen LogP contribution in [0.4, 0.5) is 10.1 Å². The van der Waals surface area contributed by atoms with Crippen LogP contribution in [-0.4, -0.2) is 25.8 Å². The first-order chi connectivity index (χ1) is 13.2. The fourth-order valence-corrected chi connectivity index (χ4v) is 4.27. The molecule has 0 unspecified atom stereocenters. The monoisotopic (exact) mass is 420 g/mol. The molecular weight excluding hydrogens is 399 g/mol. The summed E-state index contributed by atoms with van der Waals surface area (Å²) in [7, 11) is -3.60. The lowest BCUT2D eigenvalue weighted by Crippen LogP contribution is -2.30. The maximum absolute atomic E-state index is 13.3. The summed E-state index contributed by atoms with van der Waals surface area (Å²) in [5.74, 6) is 0.133. The van der Waals surface area contributed by atoms with Crippen LogP contribution in [0.1, 0.15) is 18.9 Å². The highest BCUT2D eigenvalue weighted by atomic mass is 32.2. The smallest absolute Gasteiger partial charge is 0.232 e. The van der Waals surface area contributed by atoms with E-state index in [0.717, 1.165) is 17.4 Å². The molecule has 0 saturated heterocycles. The molecule has 0 amide bonds. The van der Waals surface area contributed by atoms with E-state index >= 15 is 0 Å². The molecule has 0 bridgehead atoms. The van der Waals surface area contributed by atoms with E-state index in [1.54, 1.807) is 35.8 Å². The first kappa shape index (κ1) is 20.3. The van der Waals surface area contributed by atoms with Gasteiger partial charge in [0.1, 0.15) is 16.6 Å². The number of hydrogen-bond donors (Lipinski definition) is 0. The predicted molar refractivity (Wildman–Crippen MR) is 111 cm³/mol. The van der Waals surface area contributed by atoms with Crippen molar-refractivity contribution in [1.29, 1.82) is 0 Å². The Balaban J connectivity index is 2.12. The van der Waals surface area contributed by atoms with Crippen molar-refractivity contribution in [2.24, 2.45) is 0 Å². The molecule has 8 heteroatoms. The van der Waals surface area contributed by atoms with Crippen LogP contribution in [0, 0.1) is 5.82 Å². The van der Waals surface area contributed by atoms with Crippen LogP contribution in [0.15, 0.2) is 54.0 Å². The molecule has 148 valence electrons. The highest BCUT2D eigenvalue weighted by Gasteiger charge is 2.24. The van der Waals surface area contributed by atoms with Gasteiger partial charge in [-0.15, -0.1) is 11.3 Å². The van der Waals surface area contributed by atoms with Gasteiger partial charge in [-0.2, -0.15) is 0 Å². The highest BCUT2D eigenvalue weighted by molar-refractivity contribution is 7.92. The first-order valence-electron chi connectivity index (χ1n) is 8.67. The number of hydrogen-bond acceptors (Lipinski definition) is 5. The maximum Gasteiger partial charge on any atom is 0.232 e. The zero-order valence-electron chi connectivity index (χ0n) is 15.8. The standard InChI is InChI=1S/C20H21FN2O3S2/c1-14(2)26-19-9-6-16(15-4-7-17(21)8-5-15)12-18(19)23(28(3,24)25)13-20-22-10-11-27-20/h4-12,14H,13H2,1-3H3. The van der Waals surface area contributed by atoms with Crippen molar-refractivity contribution in [3.63, 3.8) is 0 Å². The summed E-state index contributed by atoms with van der Waals surface area (Å²) in [5.41, 5.74) is 1.97. The van der Waals surface area contributed by atoms with Crippen molar-refractivity contribution >= 4 is 27.0 Å². The van der Waals surface area contributed by atoms with Gasteiger partial charge in [0.15, 0.2) is 0 Å². The van der Waals surface area contributed by atoms with Crippen LogP contribution in [0.25, 0.3) is 11.1 Å². The lowest BCUT2D eigenvalue weighted by Gasteiger charge is -2.25. The van der Waals surface area contributed by atoms with Gasteiger partial charge in [0.25, 0.3) is 0 Å². The number of thiazole rings is 1. The molecule has 0 radical (unpaired) electrons. The van der Waals surface area contributed by atoms with E-state index in [4.69, 9.17) is 4.74 Å². The van der Waals surface area contributed by atoms with E-state index in [-0.39, 0.29) is 18.5 Å². The molecule has 0 aliphatic rings. The Morgan fingerprint density at radius 1 is 1.14 bits per heavy atom. The van der Waals surface area contributed by atoms with Crippen LogP contribution in [0.5, 0.6) is 5.75 Å². The Morgan fingerprint density at radius 2 is 1.82 bits per heavy atom. The molecule has 0 fully saturated rings. The lowest BCUT2D eigenvalue weighted by atomic mass is 10.0. The van der Waals surface area contributed by atoms with E-state index in [0.29, 0.717) is 16.4 Å². The van der Waals surface area contributed by atoms with E-state index in [2.05, 4.69) is 4.98 Å². The SMILES string of the molecule is CC(C)Oc1ccc(-c2ccc(F)cc2)cc1N(Cc1nccs1)S(C)(=O)=O. The minimum absolute atomic E-state index is 0.109. The molecule has 5 nitrogen and oxygen atoms in total. The number of aromatic nitrogens is 1. The van der Waals surface area contributed by atoms with Crippen molar-refractivity contribution in [2.75, 3.05) is 10.6 Å². The summed E-state index contributed by atoms with van der Waals surface area (Å²) in [6.45, 7) is 3.87. The molecule has 1 aromatic heterocycles. The number of ether oxygens (including phenoxy) is 1. The molecule has 28 heavy (non-hydrogen) atoms. The van der Waals surface area contributed by atoms with Crippen molar-refractivity contribution < 1.29 is 17.5 Å². The third-order valence-corrected chi connectivity index (χ3v) is 5.82. The van der Waals surface area contributed by atoms with E-state index in [1.807, 2.05) is 19.9 Å². The summed E-state index contributed by atoms with van der Waals surface area (Å²) >= 11 is 1.38. The van der Waals surface area contributed by atoms with Crippen molar-refractivity contribution in [3.8, 4) is 16.9 Å². The average molecular weight is 421 g/mol. The second kappa shape index (κ2) is 8.28. The van der Waals surface area contributed by atoms with Gasteiger partial charge in [0.2, 0.25) is 10.0 Å². The highest BCUT2D eigenvalue weighted by Crippen LogP contribution is 2.36. The topological polar surface area (TPSA) is 59.5 Å². The summed E-state index contributed by atoms with van der Waals surface area (Å²) < 4.78 is 45.6. The molecule has 1 heterocycles. The zero-order chi connectivity index (χ0) is 20.3. The summed E-state index contributed by atoms with van der Waals surface area (Å²) in [5, 5.41) is 2.48. The van der Waals surface area contributed by atoms with Crippen LogP contribution < -0.4 is 9.04 Å². The number of nitrogens with zero attached hydrogens (tertiary/aromatic N) is 2. The van der Waals surface area contributed by atoms with Crippen LogP contribution in [0.2, 0.25) is 0 Å². The Hall–Kier alpha value is -2.45. The zero-order valence-corrected chi connectivity index (χ0v) is 17.4. The molecule has 0 spiro atoms. The number of anilines is 1. The number of rotatable bonds is 7. The van der Waals surface area contributed by atoms with E-state index < -0.39 is 10.0 Å². The van der Waals surface area contributed by atoms with Gasteiger partial charge in [-0.25, -0.2) is 17.8 Å². The van der Waals surface area contributed by atoms with Crippen LogP contribution in [0.3, 0.4) is 0 Å². The fourth-order valence-electron chi connectivity index (χ4n) is 2.72.